The van der Waals surface area contributed by atoms with E-state index in [1.54, 1.807) is 35.2 Å². The van der Waals surface area contributed by atoms with Gasteiger partial charge in [-0.25, -0.2) is 4.98 Å². The van der Waals surface area contributed by atoms with Crippen molar-refractivity contribution in [3.63, 3.8) is 0 Å². The van der Waals surface area contributed by atoms with Crippen molar-refractivity contribution in [1.82, 2.24) is 9.55 Å². The van der Waals surface area contributed by atoms with Crippen molar-refractivity contribution in [3.8, 4) is 6.07 Å². The van der Waals surface area contributed by atoms with Crippen LogP contribution in [0, 0.1) is 11.3 Å². The Bertz CT molecular complexity index is 972. The number of carbonyl (C=O) groups excluding carboxylic acids is 2. The molecular formula is C18H14N4O3. The number of aromatic nitrogens is 2. The normalized spacial score (nSPS) is 10.2. The molecule has 2 aromatic carbocycles. The van der Waals surface area contributed by atoms with Gasteiger partial charge in [0.15, 0.2) is 6.61 Å². The minimum Gasteiger partial charge on any atom is -0.454 e. The monoisotopic (exact) mass is 334 g/mol. The highest BCUT2D eigenvalue weighted by atomic mass is 16.5. The van der Waals surface area contributed by atoms with E-state index < -0.39 is 18.5 Å². The molecule has 7 nitrogen and oxygen atoms in total. The summed E-state index contributed by atoms with van der Waals surface area (Å²) in [4.78, 5) is 28.0. The van der Waals surface area contributed by atoms with E-state index >= 15 is 0 Å². The van der Waals surface area contributed by atoms with Crippen LogP contribution < -0.4 is 5.32 Å². The third-order valence-corrected chi connectivity index (χ3v) is 3.51. The Morgan fingerprint density at radius 2 is 1.92 bits per heavy atom. The third-order valence-electron chi connectivity index (χ3n) is 3.51. The second kappa shape index (κ2) is 7.27. The van der Waals surface area contributed by atoms with Crippen molar-refractivity contribution in [3.05, 3.63) is 60.4 Å². The van der Waals surface area contributed by atoms with Crippen molar-refractivity contribution in [1.29, 1.82) is 5.26 Å². The van der Waals surface area contributed by atoms with Gasteiger partial charge in [-0.3, -0.25) is 9.59 Å². The van der Waals surface area contributed by atoms with Crippen LogP contribution in [0.15, 0.2) is 54.9 Å². The number of ether oxygens (including phenoxy) is 1. The molecule has 124 valence electrons. The summed E-state index contributed by atoms with van der Waals surface area (Å²) in [5, 5.41) is 11.5. The summed E-state index contributed by atoms with van der Waals surface area (Å²) in [7, 11) is 0. The first-order valence-electron chi connectivity index (χ1n) is 7.52. The number of hydrogen-bond acceptors (Lipinski definition) is 5. The number of imidazole rings is 1. The highest BCUT2D eigenvalue weighted by Crippen LogP contribution is 2.13. The number of hydrogen-bond donors (Lipinski definition) is 1. The van der Waals surface area contributed by atoms with Gasteiger partial charge in [-0.2, -0.15) is 5.26 Å². The van der Waals surface area contributed by atoms with Crippen LogP contribution in [0.5, 0.6) is 0 Å². The summed E-state index contributed by atoms with van der Waals surface area (Å²) in [5.74, 6) is -1.06. The van der Waals surface area contributed by atoms with Crippen LogP contribution in [-0.2, 0) is 20.9 Å². The van der Waals surface area contributed by atoms with Crippen LogP contribution in [0.1, 0.15) is 5.56 Å². The van der Waals surface area contributed by atoms with Gasteiger partial charge in [0, 0.05) is 0 Å². The van der Waals surface area contributed by atoms with Crippen LogP contribution in [0.25, 0.3) is 11.0 Å². The lowest BCUT2D eigenvalue weighted by Crippen LogP contribution is -2.23. The van der Waals surface area contributed by atoms with E-state index in [9.17, 15) is 9.59 Å². The molecule has 0 fully saturated rings. The van der Waals surface area contributed by atoms with E-state index in [0.717, 1.165) is 11.0 Å². The van der Waals surface area contributed by atoms with Crippen molar-refractivity contribution in [2.45, 2.75) is 6.54 Å². The highest BCUT2D eigenvalue weighted by molar-refractivity contribution is 5.94. The van der Waals surface area contributed by atoms with Gasteiger partial charge in [-0.05, 0) is 24.3 Å². The summed E-state index contributed by atoms with van der Waals surface area (Å²) in [5.41, 5.74) is 2.31. The van der Waals surface area contributed by atoms with E-state index in [2.05, 4.69) is 10.3 Å². The van der Waals surface area contributed by atoms with Crippen LogP contribution in [-0.4, -0.2) is 28.0 Å². The first kappa shape index (κ1) is 16.2. The molecule has 0 radical (unpaired) electrons. The van der Waals surface area contributed by atoms with Gasteiger partial charge in [0.25, 0.3) is 5.91 Å². The Morgan fingerprint density at radius 3 is 2.76 bits per heavy atom. The molecule has 0 unspecified atom stereocenters. The lowest BCUT2D eigenvalue weighted by Gasteiger charge is -2.08. The van der Waals surface area contributed by atoms with Gasteiger partial charge in [-0.15, -0.1) is 0 Å². The first-order valence-corrected chi connectivity index (χ1v) is 7.52. The Balaban J connectivity index is 1.55. The Morgan fingerprint density at radius 1 is 1.16 bits per heavy atom. The predicted octanol–water partition coefficient (Wildman–Crippen LogP) is 2.09. The SMILES string of the molecule is N#Cc1ccccc1NC(=O)COC(=O)Cn1cnc2ccccc21. The number of amides is 1. The van der Waals surface area contributed by atoms with Gasteiger partial charge in [0.1, 0.15) is 12.6 Å². The molecule has 1 aromatic heterocycles. The molecule has 3 aromatic rings. The molecule has 3 rings (SSSR count). The molecule has 0 aliphatic rings. The average Bonchev–Trinajstić information content (AvgIpc) is 3.03. The molecule has 0 saturated heterocycles. The number of nitrogens with one attached hydrogen (secondary N) is 1. The fourth-order valence-electron chi connectivity index (χ4n) is 2.34. The van der Waals surface area contributed by atoms with Crippen molar-refractivity contribution < 1.29 is 14.3 Å². The smallest absolute Gasteiger partial charge is 0.326 e. The highest BCUT2D eigenvalue weighted by Gasteiger charge is 2.11. The molecule has 0 bridgehead atoms. The Labute approximate surface area is 143 Å². The number of esters is 1. The summed E-state index contributed by atoms with van der Waals surface area (Å²) in [6.07, 6.45) is 1.55. The largest absolute Gasteiger partial charge is 0.454 e. The van der Waals surface area contributed by atoms with E-state index in [-0.39, 0.29) is 6.54 Å². The van der Waals surface area contributed by atoms with E-state index in [4.69, 9.17) is 10.00 Å². The minimum absolute atomic E-state index is 0.0391. The standard InChI is InChI=1S/C18H14N4O3/c19-9-13-5-1-2-6-14(13)21-17(23)11-25-18(24)10-22-12-20-15-7-3-4-8-16(15)22/h1-8,12H,10-11H2,(H,21,23). The number of rotatable bonds is 5. The summed E-state index contributed by atoms with van der Waals surface area (Å²) in [6.45, 7) is -0.464. The molecule has 0 saturated carbocycles. The van der Waals surface area contributed by atoms with Crippen LogP contribution in [0.4, 0.5) is 5.69 Å². The number of carbonyl (C=O) groups is 2. The number of fused-ring (bicyclic) bond motifs is 1. The molecule has 0 atom stereocenters. The quantitative estimate of drug-likeness (QED) is 0.721. The molecule has 25 heavy (non-hydrogen) atoms. The zero-order valence-corrected chi connectivity index (χ0v) is 13.2. The Hall–Kier alpha value is -3.66. The summed E-state index contributed by atoms with van der Waals surface area (Å²) >= 11 is 0. The topological polar surface area (TPSA) is 97.0 Å². The zero-order valence-electron chi connectivity index (χ0n) is 13.2. The number of benzene rings is 2. The van der Waals surface area contributed by atoms with Gasteiger partial charge >= 0.3 is 5.97 Å². The van der Waals surface area contributed by atoms with Crippen molar-refractivity contribution in [2.75, 3.05) is 11.9 Å². The molecule has 1 amide bonds. The molecule has 0 aliphatic carbocycles. The van der Waals surface area contributed by atoms with E-state index in [1.807, 2.05) is 30.3 Å². The second-order valence-corrected chi connectivity index (χ2v) is 5.23. The van der Waals surface area contributed by atoms with Crippen LogP contribution in [0.2, 0.25) is 0 Å². The first-order chi connectivity index (χ1) is 12.2. The number of nitriles is 1. The molecule has 7 heteroatoms. The number of para-hydroxylation sites is 3. The maximum absolute atomic E-state index is 11.9. The fourth-order valence-corrected chi connectivity index (χ4v) is 2.34. The van der Waals surface area contributed by atoms with Gasteiger partial charge < -0.3 is 14.6 Å². The van der Waals surface area contributed by atoms with Crippen LogP contribution >= 0.6 is 0 Å². The molecule has 0 spiro atoms. The third kappa shape index (κ3) is 3.82. The van der Waals surface area contributed by atoms with Gasteiger partial charge in [-0.1, -0.05) is 24.3 Å². The molecule has 0 aliphatic heterocycles. The van der Waals surface area contributed by atoms with E-state index in [1.165, 1.54) is 0 Å². The summed E-state index contributed by atoms with van der Waals surface area (Å²) in [6, 6.07) is 16.0. The number of anilines is 1. The van der Waals surface area contributed by atoms with Gasteiger partial charge in [0.2, 0.25) is 0 Å². The minimum atomic E-state index is -0.549. The number of nitrogens with zero attached hydrogens (tertiary/aromatic N) is 3. The summed E-state index contributed by atoms with van der Waals surface area (Å²) < 4.78 is 6.64. The van der Waals surface area contributed by atoms with Gasteiger partial charge in [0.05, 0.1) is 28.6 Å². The zero-order chi connectivity index (χ0) is 17.6. The van der Waals surface area contributed by atoms with Crippen LogP contribution in [0.3, 0.4) is 0 Å². The van der Waals surface area contributed by atoms with Crippen molar-refractivity contribution in [2.24, 2.45) is 0 Å². The lowest BCUT2D eigenvalue weighted by atomic mass is 10.2. The lowest BCUT2D eigenvalue weighted by molar-refractivity contribution is -0.147. The Kier molecular flexibility index (Phi) is 4.72. The fraction of sp³-hybridized carbons (Fsp3) is 0.111. The molecular weight excluding hydrogens is 320 g/mol. The maximum Gasteiger partial charge on any atom is 0.326 e. The average molecular weight is 334 g/mol. The predicted molar refractivity (Wildman–Crippen MR) is 90.5 cm³/mol. The van der Waals surface area contributed by atoms with Crippen molar-refractivity contribution >= 4 is 28.6 Å². The molecule has 1 N–H and O–H groups in total. The maximum atomic E-state index is 11.9. The second-order valence-electron chi connectivity index (χ2n) is 5.23. The van der Waals surface area contributed by atoms with E-state index in [0.29, 0.717) is 11.3 Å². The molecule has 1 heterocycles.